The minimum absolute atomic E-state index is 0.245. The molecule has 0 saturated heterocycles. The topological polar surface area (TPSA) is 54.6 Å². The van der Waals surface area contributed by atoms with E-state index < -0.39 is 0 Å². The van der Waals surface area contributed by atoms with E-state index in [2.05, 4.69) is 174 Å². The highest BCUT2D eigenvalue weighted by atomic mass is 32.2. The Morgan fingerprint density at radius 1 is 0.721 bits per heavy atom. The highest BCUT2D eigenvalue weighted by Gasteiger charge is 2.41. The molecule has 2 aromatic carbocycles. The summed E-state index contributed by atoms with van der Waals surface area (Å²) in [6.07, 6.45) is 55.0. The van der Waals surface area contributed by atoms with E-state index in [4.69, 9.17) is 15.0 Å². The van der Waals surface area contributed by atoms with Crippen LogP contribution >= 0.6 is 11.8 Å². The fourth-order valence-corrected chi connectivity index (χ4v) is 13.9. The Balaban J connectivity index is 1.01. The molecule has 7 aliphatic carbocycles. The van der Waals surface area contributed by atoms with Gasteiger partial charge in [-0.05, 0) is 140 Å². The van der Waals surface area contributed by atoms with Crippen LogP contribution in [0, 0.1) is 11.8 Å². The average Bonchev–Trinajstić information content (AvgIpc) is 3.98. The zero-order valence-electron chi connectivity index (χ0n) is 38.7. The van der Waals surface area contributed by atoms with Gasteiger partial charge in [-0.25, -0.2) is 9.98 Å². The number of allylic oxidation sites excluding steroid dienone is 18. The van der Waals surface area contributed by atoms with Crippen LogP contribution < -0.4 is 15.9 Å². The largest absolute Gasteiger partial charge is 0.344 e. The number of aliphatic imine (C=N–C) groups is 2. The summed E-state index contributed by atoms with van der Waals surface area (Å²) in [5.41, 5.74) is 16.6. The Hall–Kier alpha value is -6.50. The van der Waals surface area contributed by atoms with E-state index in [1.54, 1.807) is 0 Å². The lowest BCUT2D eigenvalue weighted by molar-refractivity contribution is 0.489. The van der Waals surface area contributed by atoms with Crippen molar-refractivity contribution in [2.75, 3.05) is 0 Å². The number of benzene rings is 2. The molecule has 0 spiro atoms. The number of hydrogen-bond acceptors (Lipinski definition) is 5. The highest BCUT2D eigenvalue weighted by Crippen LogP contribution is 2.60. The Kier molecular flexibility index (Phi) is 10.9. The lowest BCUT2D eigenvalue weighted by Crippen LogP contribution is -2.34. The summed E-state index contributed by atoms with van der Waals surface area (Å²) in [5, 5.41) is 6.96. The van der Waals surface area contributed by atoms with Crippen molar-refractivity contribution in [2.24, 2.45) is 21.8 Å². The second-order valence-corrected chi connectivity index (χ2v) is 20.8. The lowest BCUT2D eigenvalue weighted by Gasteiger charge is -2.33. The highest BCUT2D eigenvalue weighted by molar-refractivity contribution is 8.00. The molecule has 5 unspecified atom stereocenters. The standard InChI is InChI=1S/C62H57N5S/c1-6-20-40(21-7-1)46-31-18-32-47(41-22-8-2-9-23-41)55(46)44-38-53(62-65-60(42-24-10-3-11-25-42)64-61(66-62)43-26-12-4-13-27-43)56(63-39-44)52-34-19-33-50-51-37-36-49-48-30-16-17-35-54(48)67(45-28-14-5-15-29-45)57(49)59(51)68-58(50)52/h1,3-7,10-12,14,18-20,22,24-26,28,30,32-40,46,51,59-60H,2,8-9,13,15-17,21,23,27,29,31H2,(H,64,65,66). The summed E-state index contributed by atoms with van der Waals surface area (Å²) in [6, 6.07) is 20.1. The van der Waals surface area contributed by atoms with Gasteiger partial charge >= 0.3 is 0 Å². The van der Waals surface area contributed by atoms with Gasteiger partial charge in [0.05, 0.1) is 10.9 Å². The second-order valence-electron chi connectivity index (χ2n) is 19.6. The van der Waals surface area contributed by atoms with Crippen LogP contribution in [0.3, 0.4) is 0 Å². The molecule has 2 aromatic heterocycles. The molecule has 2 aliphatic heterocycles. The Bertz CT molecular complexity index is 3260. The van der Waals surface area contributed by atoms with Crippen LogP contribution in [-0.2, 0) is 0 Å². The smallest absolute Gasteiger partial charge is 0.155 e. The molecule has 0 bridgehead atoms. The zero-order valence-corrected chi connectivity index (χ0v) is 39.5. The van der Waals surface area contributed by atoms with Crippen LogP contribution in [0.1, 0.15) is 128 Å². The SMILES string of the molecule is C1=CCCC(C2=NC(c3ccccc3)NC(c3cc(C4=C(C5=CCCCC5)C=CCC4C4C=CC=CC4)cnc3-c3cccc4c3SC3c5c(c6c(n5C5=CC=CCC5)=CCCC=6)C=CC43)=N2)=C1. The van der Waals surface area contributed by atoms with Crippen molar-refractivity contribution in [1.29, 1.82) is 0 Å². The summed E-state index contributed by atoms with van der Waals surface area (Å²) in [6.45, 7) is 0. The minimum Gasteiger partial charge on any atom is -0.344 e. The lowest BCUT2D eigenvalue weighted by atomic mass is 9.71. The van der Waals surface area contributed by atoms with E-state index >= 15 is 0 Å². The number of fused-ring (bicyclic) bond motifs is 7. The van der Waals surface area contributed by atoms with Crippen molar-refractivity contribution < 1.29 is 0 Å². The average molecular weight is 904 g/mol. The third kappa shape index (κ3) is 7.35. The fourth-order valence-electron chi connectivity index (χ4n) is 12.3. The first-order valence-electron chi connectivity index (χ1n) is 25.3. The number of rotatable bonds is 8. The fraction of sp³-hybridized carbons (Fsp3) is 0.274. The molecule has 336 valence electrons. The monoisotopic (exact) mass is 903 g/mol. The van der Waals surface area contributed by atoms with E-state index in [1.165, 1.54) is 84.2 Å². The van der Waals surface area contributed by atoms with Gasteiger partial charge in [-0.3, -0.25) is 4.98 Å². The summed E-state index contributed by atoms with van der Waals surface area (Å²) in [4.78, 5) is 17.9. The van der Waals surface area contributed by atoms with Crippen molar-refractivity contribution >= 4 is 52.9 Å². The molecule has 5 nitrogen and oxygen atoms in total. The van der Waals surface area contributed by atoms with Gasteiger partial charge in [0.15, 0.2) is 5.84 Å². The van der Waals surface area contributed by atoms with Gasteiger partial charge in [0, 0.05) is 55.7 Å². The van der Waals surface area contributed by atoms with Gasteiger partial charge in [-0.2, -0.15) is 0 Å². The molecule has 0 radical (unpaired) electrons. The molecule has 4 aromatic rings. The number of aromatic nitrogens is 2. The van der Waals surface area contributed by atoms with Gasteiger partial charge in [0.1, 0.15) is 12.0 Å². The van der Waals surface area contributed by atoms with E-state index in [-0.39, 0.29) is 17.3 Å². The number of amidine groups is 2. The third-order valence-corrected chi connectivity index (χ3v) is 17.0. The van der Waals surface area contributed by atoms with Crippen LogP contribution in [0.15, 0.2) is 177 Å². The number of pyridine rings is 1. The van der Waals surface area contributed by atoms with Crippen LogP contribution in [0.2, 0.25) is 0 Å². The summed E-state index contributed by atoms with van der Waals surface area (Å²) in [5.74, 6) is 2.63. The summed E-state index contributed by atoms with van der Waals surface area (Å²) < 4.78 is 2.65. The molecule has 4 heterocycles. The van der Waals surface area contributed by atoms with Crippen molar-refractivity contribution in [2.45, 2.75) is 99.3 Å². The third-order valence-electron chi connectivity index (χ3n) is 15.5. The number of nitrogens with one attached hydrogen (secondary N) is 1. The Morgan fingerprint density at radius 2 is 1.63 bits per heavy atom. The van der Waals surface area contributed by atoms with Gasteiger partial charge in [-0.1, -0.05) is 146 Å². The molecule has 1 N–H and O–H groups in total. The maximum absolute atomic E-state index is 5.72. The van der Waals surface area contributed by atoms with Crippen molar-refractivity contribution in [3.05, 3.63) is 207 Å². The minimum atomic E-state index is -0.299. The Labute approximate surface area is 404 Å². The maximum atomic E-state index is 5.72. The molecule has 0 amide bonds. The van der Waals surface area contributed by atoms with E-state index in [0.717, 1.165) is 92.7 Å². The molecule has 68 heavy (non-hydrogen) atoms. The van der Waals surface area contributed by atoms with E-state index in [1.807, 2.05) is 11.8 Å². The maximum Gasteiger partial charge on any atom is 0.155 e. The van der Waals surface area contributed by atoms with Gasteiger partial charge in [0.25, 0.3) is 0 Å². The predicted molar refractivity (Wildman–Crippen MR) is 284 cm³/mol. The van der Waals surface area contributed by atoms with Crippen LogP contribution in [0.5, 0.6) is 0 Å². The van der Waals surface area contributed by atoms with Gasteiger partial charge in [0.2, 0.25) is 0 Å². The summed E-state index contributed by atoms with van der Waals surface area (Å²) >= 11 is 2.05. The molecular formula is C62H57N5S. The van der Waals surface area contributed by atoms with Gasteiger partial charge < -0.3 is 9.88 Å². The van der Waals surface area contributed by atoms with Crippen molar-refractivity contribution in [3.8, 4) is 11.3 Å². The molecule has 9 aliphatic rings. The molecule has 0 fully saturated rings. The molecule has 6 heteroatoms. The first-order valence-corrected chi connectivity index (χ1v) is 26.2. The first kappa shape index (κ1) is 41.7. The van der Waals surface area contributed by atoms with Crippen LogP contribution in [0.25, 0.3) is 40.8 Å². The predicted octanol–water partition coefficient (Wildman–Crippen LogP) is 13.7. The first-order chi connectivity index (χ1) is 33.7. The number of hydrogen-bond donors (Lipinski definition) is 1. The molecule has 5 atom stereocenters. The molecule has 13 rings (SSSR count). The quantitative estimate of drug-likeness (QED) is 0.192. The van der Waals surface area contributed by atoms with Gasteiger partial charge in [-0.15, -0.1) is 11.8 Å². The Morgan fingerprint density at radius 3 is 2.47 bits per heavy atom. The second kappa shape index (κ2) is 17.9. The van der Waals surface area contributed by atoms with Crippen molar-refractivity contribution in [1.82, 2.24) is 14.9 Å². The molecule has 0 saturated carbocycles. The zero-order chi connectivity index (χ0) is 45.0. The van der Waals surface area contributed by atoms with Crippen LogP contribution in [-0.4, -0.2) is 21.2 Å². The van der Waals surface area contributed by atoms with Crippen molar-refractivity contribution in [3.63, 3.8) is 0 Å². The summed E-state index contributed by atoms with van der Waals surface area (Å²) in [7, 11) is 0. The molecular weight excluding hydrogens is 847 g/mol. The van der Waals surface area contributed by atoms with E-state index in [9.17, 15) is 0 Å². The number of thioether (sulfide) groups is 1. The normalized spacial score (nSPS) is 25.4. The van der Waals surface area contributed by atoms with Crippen LogP contribution in [0.4, 0.5) is 0 Å². The van der Waals surface area contributed by atoms with E-state index in [0.29, 0.717) is 11.8 Å². The number of nitrogens with zero attached hydrogens (tertiary/aromatic N) is 4.